The summed E-state index contributed by atoms with van der Waals surface area (Å²) in [5.74, 6) is 1.33. The minimum Gasteiger partial charge on any atom is -0.354 e. The third-order valence-electron chi connectivity index (χ3n) is 5.22. The first-order valence-electron chi connectivity index (χ1n) is 8.82. The van der Waals surface area contributed by atoms with Crippen LogP contribution in [0.15, 0.2) is 0 Å². The van der Waals surface area contributed by atoms with Crippen molar-refractivity contribution in [3.63, 3.8) is 0 Å². The van der Waals surface area contributed by atoms with Gasteiger partial charge in [-0.2, -0.15) is 0 Å². The lowest BCUT2D eigenvalue weighted by atomic mass is 9.88. The Morgan fingerprint density at radius 2 is 1.75 bits per heavy atom. The summed E-state index contributed by atoms with van der Waals surface area (Å²) >= 11 is 0. The standard InChI is InChI=1S/C17H32N2O/c1-2-14-11-8-12-18-16(14)13-19-17(20)15-9-6-4-3-5-7-10-15/h14-16,18H,2-13H2,1H3,(H,19,20). The third kappa shape index (κ3) is 4.76. The average molecular weight is 280 g/mol. The highest BCUT2D eigenvalue weighted by Gasteiger charge is 2.25. The van der Waals surface area contributed by atoms with E-state index in [9.17, 15) is 4.79 Å². The molecule has 3 heteroatoms. The molecule has 0 aromatic carbocycles. The molecular formula is C17H32N2O. The van der Waals surface area contributed by atoms with E-state index in [0.29, 0.717) is 11.9 Å². The van der Waals surface area contributed by atoms with Crippen LogP contribution in [0.1, 0.15) is 71.1 Å². The third-order valence-corrected chi connectivity index (χ3v) is 5.22. The minimum atomic E-state index is 0.277. The van der Waals surface area contributed by atoms with E-state index in [1.165, 1.54) is 51.4 Å². The lowest BCUT2D eigenvalue weighted by molar-refractivity contribution is -0.125. The molecule has 1 aliphatic carbocycles. The lowest BCUT2D eigenvalue weighted by Gasteiger charge is -2.32. The first kappa shape index (κ1) is 15.8. The molecule has 2 aliphatic rings. The van der Waals surface area contributed by atoms with Crippen LogP contribution in [-0.4, -0.2) is 25.0 Å². The highest BCUT2D eigenvalue weighted by Crippen LogP contribution is 2.23. The summed E-state index contributed by atoms with van der Waals surface area (Å²) in [6.45, 7) is 4.20. The quantitative estimate of drug-likeness (QED) is 0.830. The summed E-state index contributed by atoms with van der Waals surface area (Å²) in [7, 11) is 0. The second-order valence-electron chi connectivity index (χ2n) is 6.66. The highest BCUT2D eigenvalue weighted by atomic mass is 16.1. The van der Waals surface area contributed by atoms with Crippen LogP contribution in [0.3, 0.4) is 0 Å². The van der Waals surface area contributed by atoms with E-state index in [1.54, 1.807) is 0 Å². The van der Waals surface area contributed by atoms with Gasteiger partial charge in [0.15, 0.2) is 0 Å². The number of rotatable bonds is 4. The average Bonchev–Trinajstić information content (AvgIpc) is 2.44. The van der Waals surface area contributed by atoms with Gasteiger partial charge in [0.25, 0.3) is 0 Å². The van der Waals surface area contributed by atoms with Crippen molar-refractivity contribution in [3.8, 4) is 0 Å². The topological polar surface area (TPSA) is 41.1 Å². The maximum absolute atomic E-state index is 12.4. The Morgan fingerprint density at radius 1 is 1.05 bits per heavy atom. The fraction of sp³-hybridized carbons (Fsp3) is 0.941. The molecule has 0 spiro atoms. The summed E-state index contributed by atoms with van der Waals surface area (Å²) < 4.78 is 0. The molecule has 1 amide bonds. The van der Waals surface area contributed by atoms with E-state index in [-0.39, 0.29) is 5.92 Å². The van der Waals surface area contributed by atoms with Gasteiger partial charge in [0.1, 0.15) is 0 Å². The van der Waals surface area contributed by atoms with Crippen LogP contribution < -0.4 is 10.6 Å². The largest absolute Gasteiger partial charge is 0.354 e. The molecule has 2 fully saturated rings. The SMILES string of the molecule is CCC1CCCNC1CNC(=O)C1CCCCCCC1. The van der Waals surface area contributed by atoms with Gasteiger partial charge in [-0.25, -0.2) is 0 Å². The first-order valence-corrected chi connectivity index (χ1v) is 8.82. The number of hydrogen-bond donors (Lipinski definition) is 2. The van der Waals surface area contributed by atoms with Crippen molar-refractivity contribution in [2.45, 2.75) is 77.2 Å². The van der Waals surface area contributed by atoms with E-state index < -0.39 is 0 Å². The van der Waals surface area contributed by atoms with Crippen molar-refractivity contribution >= 4 is 5.91 Å². The number of carbonyl (C=O) groups is 1. The Bertz CT molecular complexity index is 285. The zero-order chi connectivity index (χ0) is 14.2. The van der Waals surface area contributed by atoms with Crippen molar-refractivity contribution in [2.24, 2.45) is 11.8 Å². The van der Waals surface area contributed by atoms with Crippen LogP contribution >= 0.6 is 0 Å². The van der Waals surface area contributed by atoms with Gasteiger partial charge < -0.3 is 10.6 Å². The van der Waals surface area contributed by atoms with Crippen LogP contribution in [-0.2, 0) is 4.79 Å². The summed E-state index contributed by atoms with van der Waals surface area (Å²) in [6.07, 6.45) is 12.5. The fourth-order valence-electron chi connectivity index (χ4n) is 3.82. The predicted molar refractivity (Wildman–Crippen MR) is 83.6 cm³/mol. The van der Waals surface area contributed by atoms with Crippen molar-refractivity contribution in [3.05, 3.63) is 0 Å². The molecule has 1 saturated heterocycles. The van der Waals surface area contributed by atoms with E-state index >= 15 is 0 Å². The van der Waals surface area contributed by atoms with E-state index in [2.05, 4.69) is 17.6 Å². The summed E-state index contributed by atoms with van der Waals surface area (Å²) in [5.41, 5.74) is 0. The van der Waals surface area contributed by atoms with Gasteiger partial charge in [0.2, 0.25) is 5.91 Å². The van der Waals surface area contributed by atoms with Crippen LogP contribution in [0.4, 0.5) is 0 Å². The minimum absolute atomic E-state index is 0.277. The number of carbonyl (C=O) groups excluding carboxylic acids is 1. The second kappa shape index (κ2) is 8.66. The first-order chi connectivity index (χ1) is 9.81. The molecule has 0 aromatic heterocycles. The summed E-state index contributed by atoms with van der Waals surface area (Å²) in [4.78, 5) is 12.4. The molecule has 2 N–H and O–H groups in total. The maximum atomic E-state index is 12.4. The molecule has 2 atom stereocenters. The molecule has 0 radical (unpaired) electrons. The lowest BCUT2D eigenvalue weighted by Crippen LogP contribution is -2.49. The Labute approximate surface area is 124 Å². The Kier molecular flexibility index (Phi) is 6.85. The number of nitrogens with one attached hydrogen (secondary N) is 2. The molecule has 20 heavy (non-hydrogen) atoms. The van der Waals surface area contributed by atoms with Gasteiger partial charge in [-0.05, 0) is 38.1 Å². The van der Waals surface area contributed by atoms with Gasteiger partial charge in [-0.1, -0.05) is 45.4 Å². The Hall–Kier alpha value is -0.570. The molecule has 1 heterocycles. The summed E-state index contributed by atoms with van der Waals surface area (Å²) in [6, 6.07) is 0.492. The molecule has 3 nitrogen and oxygen atoms in total. The molecule has 2 rings (SSSR count). The van der Waals surface area contributed by atoms with Crippen LogP contribution in [0.5, 0.6) is 0 Å². The normalized spacial score (nSPS) is 29.4. The monoisotopic (exact) mass is 280 g/mol. The van der Waals surface area contributed by atoms with E-state index in [0.717, 1.165) is 31.8 Å². The molecule has 1 saturated carbocycles. The zero-order valence-corrected chi connectivity index (χ0v) is 13.1. The summed E-state index contributed by atoms with van der Waals surface area (Å²) in [5, 5.41) is 6.82. The number of hydrogen-bond acceptors (Lipinski definition) is 2. The second-order valence-corrected chi connectivity index (χ2v) is 6.66. The van der Waals surface area contributed by atoms with Gasteiger partial charge in [-0.15, -0.1) is 0 Å². The van der Waals surface area contributed by atoms with Crippen molar-refractivity contribution in [2.75, 3.05) is 13.1 Å². The predicted octanol–water partition coefficient (Wildman–Crippen LogP) is 3.24. The van der Waals surface area contributed by atoms with Gasteiger partial charge in [0.05, 0.1) is 0 Å². The van der Waals surface area contributed by atoms with Crippen molar-refractivity contribution in [1.29, 1.82) is 0 Å². The molecule has 1 aliphatic heterocycles. The Morgan fingerprint density at radius 3 is 2.45 bits per heavy atom. The van der Waals surface area contributed by atoms with Gasteiger partial charge in [0, 0.05) is 18.5 Å². The smallest absolute Gasteiger partial charge is 0.223 e. The number of piperidine rings is 1. The van der Waals surface area contributed by atoms with Gasteiger partial charge >= 0.3 is 0 Å². The Balaban J connectivity index is 1.75. The van der Waals surface area contributed by atoms with Crippen LogP contribution in [0, 0.1) is 11.8 Å². The maximum Gasteiger partial charge on any atom is 0.223 e. The number of amides is 1. The van der Waals surface area contributed by atoms with E-state index in [1.807, 2.05) is 0 Å². The fourth-order valence-corrected chi connectivity index (χ4v) is 3.82. The van der Waals surface area contributed by atoms with E-state index in [4.69, 9.17) is 0 Å². The van der Waals surface area contributed by atoms with Crippen molar-refractivity contribution < 1.29 is 4.79 Å². The van der Waals surface area contributed by atoms with Crippen LogP contribution in [0.2, 0.25) is 0 Å². The van der Waals surface area contributed by atoms with Gasteiger partial charge in [-0.3, -0.25) is 4.79 Å². The molecule has 2 unspecified atom stereocenters. The molecule has 116 valence electrons. The van der Waals surface area contributed by atoms with Crippen molar-refractivity contribution in [1.82, 2.24) is 10.6 Å². The highest BCUT2D eigenvalue weighted by molar-refractivity contribution is 5.78. The molecule has 0 aromatic rings. The molecular weight excluding hydrogens is 248 g/mol. The molecule has 0 bridgehead atoms. The zero-order valence-electron chi connectivity index (χ0n) is 13.1. The van der Waals surface area contributed by atoms with Crippen LogP contribution in [0.25, 0.3) is 0 Å².